The molecule has 1 aromatic heterocycles. The average molecular weight is 237 g/mol. The molecule has 2 unspecified atom stereocenters. The van der Waals surface area contributed by atoms with Gasteiger partial charge in [-0.1, -0.05) is 11.2 Å². The van der Waals surface area contributed by atoms with Crippen molar-refractivity contribution in [1.82, 2.24) is 10.6 Å². The van der Waals surface area contributed by atoms with Crippen LogP contribution in [0.1, 0.15) is 11.0 Å². The van der Waals surface area contributed by atoms with E-state index in [0.29, 0.717) is 0 Å². The number of nitrogens with zero attached hydrogens (tertiary/aromatic N) is 1. The monoisotopic (exact) mass is 237 g/mol. The number of imide groups is 1. The molecule has 3 amide bonds. The third-order valence-corrected chi connectivity index (χ3v) is 3.38. The predicted molar refractivity (Wildman–Crippen MR) is 55.7 cm³/mol. The third kappa shape index (κ3) is 1.28. The zero-order valence-electron chi connectivity index (χ0n) is 7.97. The second-order valence-corrected chi connectivity index (χ2v) is 4.42. The first-order chi connectivity index (χ1) is 7.75. The Balaban J connectivity index is 1.93. The minimum Gasteiger partial charge on any atom is -0.384 e. The summed E-state index contributed by atoms with van der Waals surface area (Å²) < 4.78 is 0. The minimum absolute atomic E-state index is 0.284. The summed E-state index contributed by atoms with van der Waals surface area (Å²) >= 11 is 1.49. The Hall–Kier alpha value is -1.89. The normalized spacial score (nSPS) is 27.6. The van der Waals surface area contributed by atoms with Gasteiger partial charge in [0.2, 0.25) is 5.91 Å². The number of amidine groups is 1. The van der Waals surface area contributed by atoms with Crippen LogP contribution < -0.4 is 10.6 Å². The average Bonchev–Trinajstić information content (AvgIpc) is 2.82. The number of carbonyl (C=O) groups is 2. The van der Waals surface area contributed by atoms with Crippen molar-refractivity contribution in [3.8, 4) is 0 Å². The van der Waals surface area contributed by atoms with Gasteiger partial charge in [-0.25, -0.2) is 4.79 Å². The second kappa shape index (κ2) is 3.31. The molecule has 7 heteroatoms. The number of rotatable bonds is 1. The van der Waals surface area contributed by atoms with E-state index in [1.54, 1.807) is 0 Å². The summed E-state index contributed by atoms with van der Waals surface area (Å²) in [7, 11) is 0. The molecule has 0 radical (unpaired) electrons. The van der Waals surface area contributed by atoms with Crippen LogP contribution in [0.5, 0.6) is 0 Å². The number of fused-ring (bicyclic) bond motifs is 1. The maximum atomic E-state index is 11.7. The number of oxime groups is 1. The molecule has 2 aliphatic rings. The number of nitrogens with one attached hydrogen (secondary N) is 2. The van der Waals surface area contributed by atoms with Gasteiger partial charge in [0.05, 0.1) is 0 Å². The van der Waals surface area contributed by atoms with Gasteiger partial charge in [0.15, 0.2) is 11.9 Å². The number of urea groups is 1. The first kappa shape index (κ1) is 9.34. The van der Waals surface area contributed by atoms with Gasteiger partial charge in [0.25, 0.3) is 0 Å². The summed E-state index contributed by atoms with van der Waals surface area (Å²) in [6.45, 7) is 0. The summed E-state index contributed by atoms with van der Waals surface area (Å²) in [6.07, 6.45) is -0.435. The number of hydrogen-bond acceptors (Lipinski definition) is 5. The van der Waals surface area contributed by atoms with Gasteiger partial charge in [-0.3, -0.25) is 15.4 Å². The van der Waals surface area contributed by atoms with Gasteiger partial charge >= 0.3 is 6.03 Å². The minimum atomic E-state index is -0.560. The lowest BCUT2D eigenvalue weighted by molar-refractivity contribution is -0.125. The van der Waals surface area contributed by atoms with E-state index in [1.807, 2.05) is 17.5 Å². The summed E-state index contributed by atoms with van der Waals surface area (Å²) in [5.41, 5.74) is 0. The van der Waals surface area contributed by atoms with Crippen molar-refractivity contribution in [2.75, 3.05) is 0 Å². The van der Waals surface area contributed by atoms with Crippen LogP contribution in [-0.4, -0.2) is 17.8 Å². The fraction of sp³-hybridized carbons (Fsp3) is 0.222. The highest BCUT2D eigenvalue weighted by Gasteiger charge is 2.45. The van der Waals surface area contributed by atoms with Crippen molar-refractivity contribution in [3.63, 3.8) is 0 Å². The van der Waals surface area contributed by atoms with Gasteiger partial charge in [-0.2, -0.15) is 0 Å². The van der Waals surface area contributed by atoms with Gasteiger partial charge in [0, 0.05) is 4.88 Å². The van der Waals surface area contributed by atoms with Crippen LogP contribution in [0.15, 0.2) is 22.7 Å². The van der Waals surface area contributed by atoms with Crippen LogP contribution >= 0.6 is 11.3 Å². The molecule has 2 N–H and O–H groups in total. The van der Waals surface area contributed by atoms with E-state index in [4.69, 9.17) is 4.84 Å². The highest BCUT2D eigenvalue weighted by molar-refractivity contribution is 7.10. The van der Waals surface area contributed by atoms with Crippen LogP contribution in [0, 0.1) is 5.92 Å². The topological polar surface area (TPSA) is 79.8 Å². The highest BCUT2D eigenvalue weighted by Crippen LogP contribution is 2.35. The Bertz CT molecular complexity index is 482. The molecule has 16 heavy (non-hydrogen) atoms. The molecule has 1 saturated heterocycles. The number of carbonyl (C=O) groups excluding carboxylic acids is 2. The molecule has 3 rings (SSSR count). The Morgan fingerprint density at radius 2 is 2.25 bits per heavy atom. The molecule has 0 spiro atoms. The summed E-state index contributed by atoms with van der Waals surface area (Å²) in [5, 5.41) is 10.3. The molecule has 0 saturated carbocycles. The lowest BCUT2D eigenvalue weighted by Crippen LogP contribution is -2.55. The lowest BCUT2D eigenvalue weighted by atomic mass is 9.98. The largest absolute Gasteiger partial charge is 0.384 e. The van der Waals surface area contributed by atoms with Crippen LogP contribution in [0.2, 0.25) is 0 Å². The van der Waals surface area contributed by atoms with Crippen LogP contribution in [0.25, 0.3) is 0 Å². The fourth-order valence-electron chi connectivity index (χ4n) is 1.74. The first-order valence-electron chi connectivity index (χ1n) is 4.64. The smallest absolute Gasteiger partial charge is 0.326 e. The van der Waals surface area contributed by atoms with Crippen molar-refractivity contribution in [3.05, 3.63) is 22.4 Å². The van der Waals surface area contributed by atoms with E-state index >= 15 is 0 Å². The van der Waals surface area contributed by atoms with E-state index in [2.05, 4.69) is 15.8 Å². The molecule has 1 aromatic rings. The second-order valence-electron chi connectivity index (χ2n) is 3.44. The summed E-state index contributed by atoms with van der Waals surface area (Å²) in [4.78, 5) is 28.8. The van der Waals surface area contributed by atoms with E-state index in [-0.39, 0.29) is 11.7 Å². The summed E-state index contributed by atoms with van der Waals surface area (Å²) in [5.74, 6) is -0.651. The maximum absolute atomic E-state index is 11.7. The maximum Gasteiger partial charge on any atom is 0.326 e. The van der Waals surface area contributed by atoms with Crippen molar-refractivity contribution >= 4 is 29.1 Å². The molecule has 0 aliphatic carbocycles. The van der Waals surface area contributed by atoms with E-state index < -0.39 is 18.1 Å². The highest BCUT2D eigenvalue weighted by atomic mass is 32.1. The molecule has 3 heterocycles. The molecule has 0 bridgehead atoms. The SMILES string of the molecule is O=C1NC(=O)C2C(=NOC2c2cccs2)N1. The number of hydrogen-bond donors (Lipinski definition) is 2. The van der Waals surface area contributed by atoms with Crippen molar-refractivity contribution in [2.45, 2.75) is 6.10 Å². The van der Waals surface area contributed by atoms with Crippen LogP contribution in [0.3, 0.4) is 0 Å². The standard InChI is InChI=1S/C9H7N3O3S/c13-8-5-6(4-2-1-3-16-4)15-12-7(5)10-9(14)11-8/h1-3,5-6H,(H2,10,11,12,13,14). The predicted octanol–water partition coefficient (Wildman–Crippen LogP) is 0.589. The Kier molecular flexibility index (Phi) is 1.93. The quantitative estimate of drug-likeness (QED) is 0.750. The zero-order chi connectivity index (χ0) is 11.1. The number of amides is 3. The van der Waals surface area contributed by atoms with Gasteiger partial charge in [-0.05, 0) is 11.4 Å². The molecular formula is C9H7N3O3S. The lowest BCUT2D eigenvalue weighted by Gasteiger charge is -2.21. The summed E-state index contributed by atoms with van der Waals surface area (Å²) in [6, 6.07) is 3.19. The molecule has 2 atom stereocenters. The molecule has 6 nitrogen and oxygen atoms in total. The van der Waals surface area contributed by atoms with Crippen LogP contribution in [-0.2, 0) is 9.63 Å². The van der Waals surface area contributed by atoms with E-state index in [0.717, 1.165) is 4.88 Å². The molecule has 82 valence electrons. The van der Waals surface area contributed by atoms with Crippen LogP contribution in [0.4, 0.5) is 4.79 Å². The molecule has 0 aromatic carbocycles. The third-order valence-electron chi connectivity index (χ3n) is 2.45. The van der Waals surface area contributed by atoms with E-state index in [9.17, 15) is 9.59 Å². The van der Waals surface area contributed by atoms with Crippen molar-refractivity contribution in [1.29, 1.82) is 0 Å². The van der Waals surface area contributed by atoms with Crippen molar-refractivity contribution < 1.29 is 14.4 Å². The van der Waals surface area contributed by atoms with Gasteiger partial charge in [0.1, 0.15) is 5.92 Å². The zero-order valence-corrected chi connectivity index (χ0v) is 8.78. The molecule has 1 fully saturated rings. The van der Waals surface area contributed by atoms with Crippen molar-refractivity contribution in [2.24, 2.45) is 11.1 Å². The molecule has 2 aliphatic heterocycles. The first-order valence-corrected chi connectivity index (χ1v) is 5.52. The molecular weight excluding hydrogens is 230 g/mol. The fourth-order valence-corrected chi connectivity index (χ4v) is 2.53. The Morgan fingerprint density at radius 1 is 1.38 bits per heavy atom. The van der Waals surface area contributed by atoms with E-state index in [1.165, 1.54) is 11.3 Å². The van der Waals surface area contributed by atoms with Gasteiger partial charge in [-0.15, -0.1) is 11.3 Å². The Morgan fingerprint density at radius 3 is 3.00 bits per heavy atom. The Labute approximate surface area is 94.3 Å². The number of thiophene rings is 1. The van der Waals surface area contributed by atoms with Gasteiger partial charge < -0.3 is 4.84 Å².